The highest BCUT2D eigenvalue weighted by Gasteiger charge is 2.06. The normalized spacial score (nSPS) is 10.9. The number of aryl methyl sites for hydroxylation is 3. The number of benzene rings is 1. The van der Waals surface area contributed by atoms with E-state index in [9.17, 15) is 0 Å². The lowest BCUT2D eigenvalue weighted by Crippen LogP contribution is -2.13. The third kappa shape index (κ3) is 3.58. The molecule has 0 aliphatic heterocycles. The fraction of sp³-hybridized carbons (Fsp3) is 0.400. The fourth-order valence-electron chi connectivity index (χ4n) is 2.16. The lowest BCUT2D eigenvalue weighted by molar-refractivity contribution is 0.688. The summed E-state index contributed by atoms with van der Waals surface area (Å²) in [5, 5.41) is 8.69. The molecule has 102 valence electrons. The van der Waals surface area contributed by atoms with Gasteiger partial charge in [-0.3, -0.25) is 4.68 Å². The molecule has 0 amide bonds. The number of aromatic nitrogens is 2. The summed E-state index contributed by atoms with van der Waals surface area (Å²) in [6.07, 6.45) is 3.03. The van der Waals surface area contributed by atoms with Crippen molar-refractivity contribution in [3.8, 4) is 0 Å². The predicted molar refractivity (Wildman–Crippen MR) is 79.3 cm³/mol. The van der Waals surface area contributed by atoms with Crippen LogP contribution >= 0.6 is 11.6 Å². The van der Waals surface area contributed by atoms with Crippen LogP contribution in [0.5, 0.6) is 0 Å². The first-order valence-corrected chi connectivity index (χ1v) is 6.95. The van der Waals surface area contributed by atoms with E-state index >= 15 is 0 Å². The molecule has 0 bridgehead atoms. The first-order chi connectivity index (χ1) is 9.10. The van der Waals surface area contributed by atoms with E-state index in [-0.39, 0.29) is 0 Å². The maximum Gasteiger partial charge on any atom is 0.0666 e. The molecule has 1 aromatic carbocycles. The molecule has 0 unspecified atom stereocenters. The molecule has 2 rings (SSSR count). The zero-order valence-electron chi connectivity index (χ0n) is 11.7. The summed E-state index contributed by atoms with van der Waals surface area (Å²) in [6.45, 7) is 5.77. The molecule has 0 aliphatic carbocycles. The van der Waals surface area contributed by atoms with Gasteiger partial charge in [-0.15, -0.1) is 0 Å². The van der Waals surface area contributed by atoms with E-state index in [0.29, 0.717) is 0 Å². The average molecular weight is 278 g/mol. The van der Waals surface area contributed by atoms with Crippen molar-refractivity contribution in [2.45, 2.75) is 33.4 Å². The summed E-state index contributed by atoms with van der Waals surface area (Å²) in [6, 6.07) is 6.17. The summed E-state index contributed by atoms with van der Waals surface area (Å²) >= 11 is 6.22. The molecule has 0 saturated heterocycles. The Morgan fingerprint density at radius 1 is 1.26 bits per heavy atom. The van der Waals surface area contributed by atoms with Gasteiger partial charge in [0.1, 0.15) is 0 Å². The number of rotatable bonds is 5. The van der Waals surface area contributed by atoms with E-state index in [0.717, 1.165) is 35.8 Å². The Bertz CT molecular complexity index is 561. The molecule has 1 heterocycles. The molecule has 1 aromatic heterocycles. The van der Waals surface area contributed by atoms with Gasteiger partial charge >= 0.3 is 0 Å². The Morgan fingerprint density at radius 3 is 2.68 bits per heavy atom. The van der Waals surface area contributed by atoms with Crippen LogP contribution in [0, 0.1) is 6.92 Å². The van der Waals surface area contributed by atoms with E-state index in [1.165, 1.54) is 11.1 Å². The van der Waals surface area contributed by atoms with Crippen molar-refractivity contribution in [1.82, 2.24) is 15.1 Å². The van der Waals surface area contributed by atoms with Gasteiger partial charge in [-0.25, -0.2) is 0 Å². The van der Waals surface area contributed by atoms with Crippen LogP contribution in [0.1, 0.15) is 29.3 Å². The second kappa shape index (κ2) is 6.22. The highest BCUT2D eigenvalue weighted by atomic mass is 35.5. The van der Waals surface area contributed by atoms with Crippen LogP contribution in [0.15, 0.2) is 24.4 Å². The van der Waals surface area contributed by atoms with Gasteiger partial charge in [-0.05, 0) is 30.5 Å². The van der Waals surface area contributed by atoms with Crippen LogP contribution < -0.4 is 5.32 Å². The van der Waals surface area contributed by atoms with Crippen molar-refractivity contribution in [1.29, 1.82) is 0 Å². The SMILES string of the molecule is CCc1nn(C)cc1CNCc1ccc(C)cc1Cl. The summed E-state index contributed by atoms with van der Waals surface area (Å²) in [7, 11) is 1.96. The first-order valence-electron chi connectivity index (χ1n) is 6.57. The van der Waals surface area contributed by atoms with Crippen molar-refractivity contribution in [2.75, 3.05) is 0 Å². The quantitative estimate of drug-likeness (QED) is 0.909. The topological polar surface area (TPSA) is 29.9 Å². The fourth-order valence-corrected chi connectivity index (χ4v) is 2.46. The molecule has 0 atom stereocenters. The summed E-state index contributed by atoms with van der Waals surface area (Å²) in [5.74, 6) is 0. The van der Waals surface area contributed by atoms with Crippen molar-refractivity contribution in [3.05, 3.63) is 51.8 Å². The Hall–Kier alpha value is -1.32. The predicted octanol–water partition coefficient (Wildman–Crippen LogP) is 3.23. The standard InChI is InChI=1S/C15H20ClN3/c1-4-15-13(10-19(3)18-15)9-17-8-12-6-5-11(2)7-14(12)16/h5-7,10,17H,4,8-9H2,1-3H3. The Kier molecular flexibility index (Phi) is 4.61. The third-order valence-electron chi connectivity index (χ3n) is 3.17. The first kappa shape index (κ1) is 14.1. The lowest BCUT2D eigenvalue weighted by atomic mass is 10.1. The third-order valence-corrected chi connectivity index (χ3v) is 3.52. The zero-order chi connectivity index (χ0) is 13.8. The van der Waals surface area contributed by atoms with Gasteiger partial charge in [-0.2, -0.15) is 5.10 Å². The number of nitrogens with one attached hydrogen (secondary N) is 1. The van der Waals surface area contributed by atoms with E-state index in [1.54, 1.807) is 0 Å². The van der Waals surface area contributed by atoms with Gasteiger partial charge in [0.15, 0.2) is 0 Å². The zero-order valence-corrected chi connectivity index (χ0v) is 12.5. The van der Waals surface area contributed by atoms with E-state index in [1.807, 2.05) is 24.7 Å². The second-order valence-corrected chi connectivity index (χ2v) is 5.23. The van der Waals surface area contributed by atoms with Gasteiger partial charge in [0, 0.05) is 36.9 Å². The van der Waals surface area contributed by atoms with Crippen molar-refractivity contribution in [3.63, 3.8) is 0 Å². The molecule has 2 aromatic rings. The minimum Gasteiger partial charge on any atom is -0.308 e. The lowest BCUT2D eigenvalue weighted by Gasteiger charge is -2.07. The summed E-state index contributed by atoms with van der Waals surface area (Å²) in [5.41, 5.74) is 4.74. The van der Waals surface area contributed by atoms with Gasteiger partial charge < -0.3 is 5.32 Å². The van der Waals surface area contributed by atoms with Crippen LogP contribution in [0.3, 0.4) is 0 Å². The van der Waals surface area contributed by atoms with Crippen molar-refractivity contribution >= 4 is 11.6 Å². The minimum atomic E-state index is 0.775. The molecule has 0 spiro atoms. The molecule has 3 nitrogen and oxygen atoms in total. The minimum absolute atomic E-state index is 0.775. The van der Waals surface area contributed by atoms with Crippen LogP contribution in [0.25, 0.3) is 0 Å². The van der Waals surface area contributed by atoms with Crippen LogP contribution in [-0.4, -0.2) is 9.78 Å². The smallest absolute Gasteiger partial charge is 0.0666 e. The van der Waals surface area contributed by atoms with E-state index < -0.39 is 0 Å². The largest absolute Gasteiger partial charge is 0.308 e. The molecule has 0 fully saturated rings. The molecule has 0 radical (unpaired) electrons. The molecular weight excluding hydrogens is 258 g/mol. The maximum atomic E-state index is 6.22. The Morgan fingerprint density at radius 2 is 2.00 bits per heavy atom. The average Bonchev–Trinajstić information content (AvgIpc) is 2.72. The Balaban J connectivity index is 1.96. The van der Waals surface area contributed by atoms with E-state index in [2.05, 4.69) is 35.7 Å². The Labute approximate surface area is 119 Å². The number of halogens is 1. The molecule has 4 heteroatoms. The highest BCUT2D eigenvalue weighted by Crippen LogP contribution is 2.17. The van der Waals surface area contributed by atoms with Crippen LogP contribution in [-0.2, 0) is 26.6 Å². The van der Waals surface area contributed by atoms with Crippen molar-refractivity contribution < 1.29 is 0 Å². The number of hydrogen-bond donors (Lipinski definition) is 1. The van der Waals surface area contributed by atoms with Crippen LogP contribution in [0.2, 0.25) is 5.02 Å². The molecule has 0 aliphatic rings. The van der Waals surface area contributed by atoms with Gasteiger partial charge in [0.2, 0.25) is 0 Å². The number of nitrogens with zero attached hydrogens (tertiary/aromatic N) is 2. The number of hydrogen-bond acceptors (Lipinski definition) is 2. The van der Waals surface area contributed by atoms with Crippen LogP contribution in [0.4, 0.5) is 0 Å². The maximum absolute atomic E-state index is 6.22. The van der Waals surface area contributed by atoms with Crippen molar-refractivity contribution in [2.24, 2.45) is 7.05 Å². The molecule has 1 N–H and O–H groups in total. The monoisotopic (exact) mass is 277 g/mol. The molecule has 19 heavy (non-hydrogen) atoms. The van der Waals surface area contributed by atoms with Gasteiger partial charge in [0.05, 0.1) is 5.69 Å². The second-order valence-electron chi connectivity index (χ2n) is 4.83. The van der Waals surface area contributed by atoms with Gasteiger partial charge in [0.25, 0.3) is 0 Å². The summed E-state index contributed by atoms with van der Waals surface area (Å²) in [4.78, 5) is 0. The van der Waals surface area contributed by atoms with E-state index in [4.69, 9.17) is 11.6 Å². The molecule has 0 saturated carbocycles. The highest BCUT2D eigenvalue weighted by molar-refractivity contribution is 6.31. The molecular formula is C15H20ClN3. The van der Waals surface area contributed by atoms with Gasteiger partial charge in [-0.1, -0.05) is 30.7 Å². The summed E-state index contributed by atoms with van der Waals surface area (Å²) < 4.78 is 1.87.